The lowest BCUT2D eigenvalue weighted by Gasteiger charge is -2.29. The average Bonchev–Trinajstić information content (AvgIpc) is 2.58. The third kappa shape index (κ3) is 4.26. The molecule has 0 saturated heterocycles. The van der Waals surface area contributed by atoms with Gasteiger partial charge in [-0.1, -0.05) is 29.8 Å². The first-order valence-electron chi connectivity index (χ1n) is 9.42. The zero-order valence-electron chi connectivity index (χ0n) is 17.3. The van der Waals surface area contributed by atoms with Gasteiger partial charge in [-0.15, -0.1) is 0 Å². The van der Waals surface area contributed by atoms with Crippen molar-refractivity contribution in [1.82, 2.24) is 4.98 Å². The Bertz CT molecular complexity index is 1030. The highest BCUT2D eigenvalue weighted by molar-refractivity contribution is 6.30. The number of aromatic nitrogens is 1. The van der Waals surface area contributed by atoms with E-state index < -0.39 is 11.7 Å². The summed E-state index contributed by atoms with van der Waals surface area (Å²) in [4.78, 5) is 17.3. The van der Waals surface area contributed by atoms with E-state index in [9.17, 15) is 4.79 Å². The van der Waals surface area contributed by atoms with Crippen molar-refractivity contribution >= 4 is 28.3 Å². The van der Waals surface area contributed by atoms with E-state index in [2.05, 4.69) is 6.07 Å². The first-order valence-corrected chi connectivity index (χ1v) is 9.79. The molecule has 0 unspecified atom stereocenters. The Labute approximate surface area is 171 Å². The molecule has 1 aromatic heterocycles. The maximum atomic E-state index is 12.6. The number of aryl methyl sites for hydroxylation is 2. The van der Waals surface area contributed by atoms with E-state index in [1.165, 1.54) is 0 Å². The quantitative estimate of drug-likeness (QED) is 0.498. The minimum atomic E-state index is -0.656. The van der Waals surface area contributed by atoms with E-state index in [1.54, 1.807) is 6.92 Å². The summed E-state index contributed by atoms with van der Waals surface area (Å²) >= 11 is 6.12. The lowest BCUT2D eigenvalue weighted by Crippen LogP contribution is -2.27. The van der Waals surface area contributed by atoms with E-state index >= 15 is 0 Å². The van der Waals surface area contributed by atoms with Gasteiger partial charge in [0.1, 0.15) is 6.10 Å². The highest BCUT2D eigenvalue weighted by atomic mass is 35.5. The molecule has 0 aliphatic carbocycles. The van der Waals surface area contributed by atoms with Crippen LogP contribution in [-0.2, 0) is 9.53 Å². The van der Waals surface area contributed by atoms with Gasteiger partial charge in [-0.05, 0) is 88.1 Å². The Balaban J connectivity index is 2.39. The summed E-state index contributed by atoms with van der Waals surface area (Å²) in [5, 5.41) is 1.67. The number of ketones is 1. The molecule has 3 rings (SSSR count). The molecular weight excluding hydrogens is 370 g/mol. The standard InChI is InChI=1S/C24H26ClNO2/c1-14-13-20-19(12-7-15(2)26-20)22(17-8-10-18(25)11-9-17)21(14)23(16(3)27)28-24(4,5)6/h7-13,23H,1-6H3/t23-/m1/s1. The molecule has 146 valence electrons. The van der Waals surface area contributed by atoms with E-state index in [4.69, 9.17) is 21.3 Å². The number of carbonyl (C=O) groups is 1. The number of Topliss-reactive ketones (excluding diaryl/α,β-unsaturated/α-hetero) is 1. The molecular formula is C24H26ClNO2. The number of halogens is 1. The van der Waals surface area contributed by atoms with Crippen LogP contribution in [0, 0.1) is 13.8 Å². The Hall–Kier alpha value is -2.23. The predicted octanol–water partition coefficient (Wildman–Crippen LogP) is 6.62. The molecule has 1 heterocycles. The molecule has 28 heavy (non-hydrogen) atoms. The molecule has 3 nitrogen and oxygen atoms in total. The summed E-state index contributed by atoms with van der Waals surface area (Å²) in [7, 11) is 0. The lowest BCUT2D eigenvalue weighted by atomic mass is 9.87. The van der Waals surface area contributed by atoms with Crippen molar-refractivity contribution in [3.8, 4) is 11.1 Å². The zero-order chi connectivity index (χ0) is 20.6. The van der Waals surface area contributed by atoms with Gasteiger partial charge >= 0.3 is 0 Å². The van der Waals surface area contributed by atoms with Crippen molar-refractivity contribution in [2.75, 3.05) is 0 Å². The van der Waals surface area contributed by atoms with Gasteiger partial charge in [0.25, 0.3) is 0 Å². The van der Waals surface area contributed by atoms with Crippen LogP contribution in [0.15, 0.2) is 42.5 Å². The van der Waals surface area contributed by atoms with Crippen LogP contribution in [0.25, 0.3) is 22.0 Å². The fourth-order valence-corrected chi connectivity index (χ4v) is 3.61. The number of ether oxygens (including phenoxy) is 1. The molecule has 0 aliphatic heterocycles. The highest BCUT2D eigenvalue weighted by Gasteiger charge is 2.29. The van der Waals surface area contributed by atoms with Crippen LogP contribution in [0.4, 0.5) is 0 Å². The molecule has 0 saturated carbocycles. The molecule has 0 aliphatic rings. The summed E-state index contributed by atoms with van der Waals surface area (Å²) in [6, 6.07) is 13.8. The Morgan fingerprint density at radius 2 is 1.71 bits per heavy atom. The van der Waals surface area contributed by atoms with E-state index in [0.29, 0.717) is 5.02 Å². The number of pyridine rings is 1. The first kappa shape index (κ1) is 20.5. The molecule has 4 heteroatoms. The Kier molecular flexibility index (Phi) is 5.60. The largest absolute Gasteiger partial charge is 0.360 e. The molecule has 0 amide bonds. The SMILES string of the molecule is CC(=O)[C@@H](OC(C)(C)C)c1c(C)cc2nc(C)ccc2c1-c1ccc(Cl)cc1. The summed E-state index contributed by atoms with van der Waals surface area (Å²) in [5.41, 5.74) is 5.25. The van der Waals surface area contributed by atoms with Gasteiger partial charge < -0.3 is 4.74 Å². The Morgan fingerprint density at radius 1 is 1.07 bits per heavy atom. The van der Waals surface area contributed by atoms with Crippen molar-refractivity contribution in [2.45, 2.75) is 53.2 Å². The second-order valence-electron chi connectivity index (χ2n) is 8.23. The maximum absolute atomic E-state index is 12.6. The fraction of sp³-hybridized carbons (Fsp3) is 0.333. The van der Waals surface area contributed by atoms with Gasteiger partial charge in [-0.2, -0.15) is 0 Å². The van der Waals surface area contributed by atoms with Gasteiger partial charge in [-0.3, -0.25) is 9.78 Å². The van der Waals surface area contributed by atoms with Gasteiger partial charge in [-0.25, -0.2) is 0 Å². The number of nitrogens with zero attached hydrogens (tertiary/aromatic N) is 1. The summed E-state index contributed by atoms with van der Waals surface area (Å²) in [6.45, 7) is 11.5. The molecule has 3 aromatic rings. The van der Waals surface area contributed by atoms with Crippen LogP contribution in [-0.4, -0.2) is 16.4 Å². The Morgan fingerprint density at radius 3 is 2.29 bits per heavy atom. The zero-order valence-corrected chi connectivity index (χ0v) is 18.0. The number of hydrogen-bond acceptors (Lipinski definition) is 3. The van der Waals surface area contributed by atoms with Crippen molar-refractivity contribution in [2.24, 2.45) is 0 Å². The maximum Gasteiger partial charge on any atom is 0.163 e. The van der Waals surface area contributed by atoms with Crippen LogP contribution in [0.2, 0.25) is 5.02 Å². The smallest absolute Gasteiger partial charge is 0.163 e. The minimum Gasteiger partial charge on any atom is -0.360 e. The molecule has 0 fully saturated rings. The van der Waals surface area contributed by atoms with Gasteiger partial charge in [0.2, 0.25) is 0 Å². The van der Waals surface area contributed by atoms with Crippen molar-refractivity contribution in [3.05, 3.63) is 64.3 Å². The van der Waals surface area contributed by atoms with Crippen LogP contribution < -0.4 is 0 Å². The summed E-state index contributed by atoms with van der Waals surface area (Å²) in [5.74, 6) is -0.0207. The molecule has 0 bridgehead atoms. The number of benzene rings is 2. The third-order valence-corrected chi connectivity index (χ3v) is 4.87. The van der Waals surface area contributed by atoms with Crippen LogP contribution in [0.3, 0.4) is 0 Å². The van der Waals surface area contributed by atoms with E-state index in [0.717, 1.165) is 38.9 Å². The van der Waals surface area contributed by atoms with Gasteiger partial charge in [0, 0.05) is 16.1 Å². The van der Waals surface area contributed by atoms with Crippen LogP contribution in [0.5, 0.6) is 0 Å². The summed E-state index contributed by atoms with van der Waals surface area (Å²) in [6.07, 6.45) is -0.656. The van der Waals surface area contributed by atoms with Crippen LogP contribution in [0.1, 0.15) is 50.6 Å². The van der Waals surface area contributed by atoms with Gasteiger partial charge in [0.15, 0.2) is 5.78 Å². The van der Waals surface area contributed by atoms with Crippen molar-refractivity contribution in [3.63, 3.8) is 0 Å². The molecule has 2 aromatic carbocycles. The van der Waals surface area contributed by atoms with Crippen LogP contribution >= 0.6 is 11.6 Å². The second-order valence-corrected chi connectivity index (χ2v) is 8.67. The average molecular weight is 396 g/mol. The summed E-state index contributed by atoms with van der Waals surface area (Å²) < 4.78 is 6.23. The lowest BCUT2D eigenvalue weighted by molar-refractivity contribution is -0.138. The molecule has 0 radical (unpaired) electrons. The second kappa shape index (κ2) is 7.65. The monoisotopic (exact) mass is 395 g/mol. The minimum absolute atomic E-state index is 0.0207. The number of carbonyl (C=O) groups excluding carboxylic acids is 1. The fourth-order valence-electron chi connectivity index (χ4n) is 3.49. The first-order chi connectivity index (χ1) is 13.1. The van der Waals surface area contributed by atoms with Crippen molar-refractivity contribution < 1.29 is 9.53 Å². The predicted molar refractivity (Wildman–Crippen MR) is 116 cm³/mol. The van der Waals surface area contributed by atoms with Crippen molar-refractivity contribution in [1.29, 1.82) is 0 Å². The number of fused-ring (bicyclic) bond motifs is 1. The number of rotatable bonds is 4. The highest BCUT2D eigenvalue weighted by Crippen LogP contribution is 2.40. The van der Waals surface area contributed by atoms with E-state index in [1.807, 2.05) is 71.0 Å². The number of hydrogen-bond donors (Lipinski definition) is 0. The molecule has 1 atom stereocenters. The topological polar surface area (TPSA) is 39.2 Å². The third-order valence-electron chi connectivity index (χ3n) is 4.62. The van der Waals surface area contributed by atoms with Gasteiger partial charge in [0.05, 0.1) is 11.1 Å². The molecule has 0 spiro atoms. The van der Waals surface area contributed by atoms with E-state index in [-0.39, 0.29) is 5.78 Å². The molecule has 0 N–H and O–H groups in total. The normalized spacial score (nSPS) is 13.0.